The van der Waals surface area contributed by atoms with Crippen LogP contribution in [0.3, 0.4) is 0 Å². The zero-order chi connectivity index (χ0) is 14.6. The molecule has 22 heavy (non-hydrogen) atoms. The molecule has 4 heterocycles. The number of hydrogen-bond acceptors (Lipinski definition) is 4. The lowest BCUT2D eigenvalue weighted by Gasteiger charge is -2.43. The molecule has 0 amide bonds. The first-order chi connectivity index (χ1) is 10.9. The van der Waals surface area contributed by atoms with Crippen LogP contribution in [0.15, 0.2) is 54.9 Å². The van der Waals surface area contributed by atoms with E-state index in [2.05, 4.69) is 51.3 Å². The van der Waals surface area contributed by atoms with Crippen LogP contribution in [-0.4, -0.2) is 21.5 Å². The van der Waals surface area contributed by atoms with E-state index >= 15 is 0 Å². The van der Waals surface area contributed by atoms with Crippen LogP contribution in [-0.2, 0) is 5.54 Å². The Balaban J connectivity index is 1.61. The van der Waals surface area contributed by atoms with Crippen molar-refractivity contribution in [2.24, 2.45) is 5.92 Å². The van der Waals surface area contributed by atoms with E-state index in [4.69, 9.17) is 4.98 Å². The van der Waals surface area contributed by atoms with Crippen LogP contribution in [0.25, 0.3) is 11.2 Å². The lowest BCUT2D eigenvalue weighted by atomic mass is 9.69. The van der Waals surface area contributed by atoms with E-state index in [1.807, 2.05) is 6.07 Å². The number of anilines is 1. The van der Waals surface area contributed by atoms with Gasteiger partial charge in [-0.2, -0.15) is 0 Å². The van der Waals surface area contributed by atoms with E-state index in [0.29, 0.717) is 0 Å². The van der Waals surface area contributed by atoms with Crippen molar-refractivity contribution in [3.05, 3.63) is 60.4 Å². The summed E-state index contributed by atoms with van der Waals surface area (Å²) in [5, 5.41) is 0. The van der Waals surface area contributed by atoms with Crippen LogP contribution in [0.5, 0.6) is 0 Å². The van der Waals surface area contributed by atoms with Crippen molar-refractivity contribution >= 4 is 17.0 Å². The van der Waals surface area contributed by atoms with Crippen molar-refractivity contribution < 1.29 is 0 Å². The molecule has 3 aliphatic rings. The quantitative estimate of drug-likeness (QED) is 0.726. The summed E-state index contributed by atoms with van der Waals surface area (Å²) in [6.07, 6.45) is 5.88. The van der Waals surface area contributed by atoms with Gasteiger partial charge in [-0.3, -0.25) is 4.98 Å². The molecule has 2 aromatic heterocycles. The highest BCUT2D eigenvalue weighted by Gasteiger charge is 2.57. The lowest BCUT2D eigenvalue weighted by molar-refractivity contribution is 0.246. The Bertz CT molecular complexity index is 840. The average Bonchev–Trinajstić information content (AvgIpc) is 3.12. The fourth-order valence-corrected chi connectivity index (χ4v) is 4.13. The largest absolute Gasteiger partial charge is 0.346 e. The van der Waals surface area contributed by atoms with Crippen molar-refractivity contribution in [3.63, 3.8) is 0 Å². The first-order valence-corrected chi connectivity index (χ1v) is 7.76. The summed E-state index contributed by atoms with van der Waals surface area (Å²) in [4.78, 5) is 15.9. The second kappa shape index (κ2) is 4.26. The molecule has 0 radical (unpaired) electrons. The van der Waals surface area contributed by atoms with Gasteiger partial charge in [-0.25, -0.2) is 9.97 Å². The van der Waals surface area contributed by atoms with Gasteiger partial charge in [0.15, 0.2) is 5.65 Å². The molecule has 0 atom stereocenters. The highest BCUT2D eigenvalue weighted by atomic mass is 15.3. The van der Waals surface area contributed by atoms with Gasteiger partial charge in [0.05, 0.1) is 5.54 Å². The molecule has 4 nitrogen and oxygen atoms in total. The van der Waals surface area contributed by atoms with Gasteiger partial charge in [0.1, 0.15) is 11.3 Å². The summed E-state index contributed by atoms with van der Waals surface area (Å²) in [5.41, 5.74) is 3.12. The van der Waals surface area contributed by atoms with E-state index in [9.17, 15) is 0 Å². The van der Waals surface area contributed by atoms with E-state index in [1.165, 1.54) is 18.4 Å². The molecule has 0 unspecified atom stereocenters. The number of hydrogen-bond donors (Lipinski definition) is 0. The van der Waals surface area contributed by atoms with Gasteiger partial charge in [-0.1, -0.05) is 30.3 Å². The van der Waals surface area contributed by atoms with Gasteiger partial charge in [0.2, 0.25) is 0 Å². The third-order valence-electron chi connectivity index (χ3n) is 5.11. The van der Waals surface area contributed by atoms with Gasteiger partial charge < -0.3 is 4.90 Å². The second-order valence-electron chi connectivity index (χ2n) is 6.35. The summed E-state index contributed by atoms with van der Waals surface area (Å²) in [7, 11) is 0. The Hall–Kier alpha value is -2.49. The Morgan fingerprint density at radius 2 is 1.77 bits per heavy atom. The zero-order valence-corrected chi connectivity index (χ0v) is 12.2. The van der Waals surface area contributed by atoms with E-state index < -0.39 is 0 Å². The Kier molecular flexibility index (Phi) is 2.34. The molecular weight excluding hydrogens is 272 g/mol. The van der Waals surface area contributed by atoms with Crippen LogP contribution in [0, 0.1) is 5.92 Å². The Morgan fingerprint density at radius 1 is 0.955 bits per heavy atom. The maximum atomic E-state index is 4.76. The molecule has 2 aliphatic heterocycles. The van der Waals surface area contributed by atoms with Crippen LogP contribution >= 0.6 is 0 Å². The third-order valence-corrected chi connectivity index (χ3v) is 5.11. The minimum atomic E-state index is 0.134. The number of benzene rings is 1. The maximum Gasteiger partial charge on any atom is 0.180 e. The molecule has 3 aromatic rings. The van der Waals surface area contributed by atoms with Crippen molar-refractivity contribution in [1.29, 1.82) is 0 Å². The number of rotatable bonds is 2. The van der Waals surface area contributed by atoms with Crippen LogP contribution in [0.2, 0.25) is 0 Å². The monoisotopic (exact) mass is 288 g/mol. The summed E-state index contributed by atoms with van der Waals surface area (Å²) >= 11 is 0. The summed E-state index contributed by atoms with van der Waals surface area (Å²) in [5.74, 6) is 1.82. The highest BCUT2D eigenvalue weighted by molar-refractivity contribution is 5.72. The number of fused-ring (bicyclic) bond motifs is 2. The summed E-state index contributed by atoms with van der Waals surface area (Å²) < 4.78 is 0. The normalized spacial score (nSPS) is 26.2. The molecule has 108 valence electrons. The summed E-state index contributed by atoms with van der Waals surface area (Å²) in [6.45, 7) is 1.09. The van der Waals surface area contributed by atoms with Crippen molar-refractivity contribution in [3.8, 4) is 0 Å². The molecule has 1 saturated carbocycles. The molecule has 1 aliphatic carbocycles. The van der Waals surface area contributed by atoms with E-state index in [0.717, 1.165) is 29.4 Å². The predicted molar refractivity (Wildman–Crippen MR) is 85.5 cm³/mol. The predicted octanol–water partition coefficient (Wildman–Crippen LogP) is 3.15. The van der Waals surface area contributed by atoms with Crippen LogP contribution in [0.1, 0.15) is 18.4 Å². The number of nitrogens with zero attached hydrogens (tertiary/aromatic N) is 4. The minimum absolute atomic E-state index is 0.134. The first-order valence-electron chi connectivity index (χ1n) is 7.76. The smallest absolute Gasteiger partial charge is 0.180 e. The SMILES string of the molecule is c1ccc(C23CC(CN2c2ccc4nccnc4n2)C3)cc1. The topological polar surface area (TPSA) is 41.9 Å². The van der Waals surface area contributed by atoms with Gasteiger partial charge in [-0.05, 0) is 36.5 Å². The molecule has 4 heteroatoms. The van der Waals surface area contributed by atoms with E-state index in [1.54, 1.807) is 12.4 Å². The zero-order valence-electron chi connectivity index (χ0n) is 12.2. The van der Waals surface area contributed by atoms with Gasteiger partial charge >= 0.3 is 0 Å². The molecular formula is C18H16N4. The third kappa shape index (κ3) is 1.55. The fourth-order valence-electron chi connectivity index (χ4n) is 4.13. The van der Waals surface area contributed by atoms with Crippen LogP contribution < -0.4 is 4.90 Å². The van der Waals surface area contributed by atoms with Gasteiger partial charge in [0, 0.05) is 18.9 Å². The number of aromatic nitrogens is 3. The fraction of sp³-hybridized carbons (Fsp3) is 0.278. The Labute approximate surface area is 128 Å². The van der Waals surface area contributed by atoms with Crippen molar-refractivity contribution in [2.45, 2.75) is 18.4 Å². The molecule has 0 spiro atoms. The second-order valence-corrected chi connectivity index (χ2v) is 6.35. The maximum absolute atomic E-state index is 4.76. The molecule has 0 N–H and O–H groups in total. The number of pyridine rings is 1. The molecule has 2 saturated heterocycles. The van der Waals surface area contributed by atoms with Gasteiger partial charge in [-0.15, -0.1) is 0 Å². The van der Waals surface area contributed by atoms with Crippen LogP contribution in [0.4, 0.5) is 5.82 Å². The highest BCUT2D eigenvalue weighted by Crippen LogP contribution is 2.57. The lowest BCUT2D eigenvalue weighted by Crippen LogP contribution is -2.43. The van der Waals surface area contributed by atoms with E-state index in [-0.39, 0.29) is 5.54 Å². The van der Waals surface area contributed by atoms with Crippen molar-refractivity contribution in [1.82, 2.24) is 15.0 Å². The van der Waals surface area contributed by atoms with Crippen molar-refractivity contribution in [2.75, 3.05) is 11.4 Å². The average molecular weight is 288 g/mol. The molecule has 2 bridgehead atoms. The summed E-state index contributed by atoms with van der Waals surface area (Å²) in [6, 6.07) is 15.0. The first kappa shape index (κ1) is 12.1. The molecule has 1 aromatic carbocycles. The standard InChI is InChI=1S/C18H16N4/c1-2-4-14(5-3-1)18-10-13(11-18)12-22(18)16-7-6-15-17(21-16)20-9-8-19-15/h1-9,13H,10-12H2. The molecule has 6 rings (SSSR count). The minimum Gasteiger partial charge on any atom is -0.346 e. The Morgan fingerprint density at radius 3 is 2.64 bits per heavy atom. The molecule has 3 fully saturated rings. The van der Waals surface area contributed by atoms with Gasteiger partial charge in [0.25, 0.3) is 0 Å².